The SMILES string of the molecule is CCC(C)(C)C(=O)C(=O)N1CCCC[C@H]1C(=O)O[C@H](CCc1ccc(OC)c(OC)c1)c1cccc(OCCC2OCCCO2)c1. The lowest BCUT2D eigenvalue weighted by atomic mass is 9.84. The highest BCUT2D eigenvalue weighted by atomic mass is 16.7. The summed E-state index contributed by atoms with van der Waals surface area (Å²) in [5.74, 6) is 0.287. The van der Waals surface area contributed by atoms with Gasteiger partial charge in [0.05, 0.1) is 34.0 Å². The average Bonchev–Trinajstić information content (AvgIpc) is 3.09. The maximum atomic E-state index is 13.8. The van der Waals surface area contributed by atoms with Crippen molar-refractivity contribution in [3.8, 4) is 17.2 Å². The molecule has 252 valence electrons. The molecule has 2 atom stereocenters. The van der Waals surface area contributed by atoms with E-state index in [1.807, 2.05) is 49.4 Å². The second-order valence-corrected chi connectivity index (χ2v) is 12.5. The molecule has 10 heteroatoms. The number of nitrogens with zero attached hydrogens (tertiary/aromatic N) is 1. The normalized spacial score (nSPS) is 18.0. The van der Waals surface area contributed by atoms with Crippen LogP contribution in [-0.4, -0.2) is 75.5 Å². The van der Waals surface area contributed by atoms with E-state index in [1.54, 1.807) is 28.1 Å². The van der Waals surface area contributed by atoms with Gasteiger partial charge < -0.3 is 33.3 Å². The van der Waals surface area contributed by atoms with Gasteiger partial charge in [-0.2, -0.15) is 0 Å². The summed E-state index contributed by atoms with van der Waals surface area (Å²) < 4.78 is 34.4. The Bertz CT molecular complexity index is 1320. The number of methoxy groups -OCH3 is 2. The molecule has 0 spiro atoms. The van der Waals surface area contributed by atoms with Crippen LogP contribution in [0.3, 0.4) is 0 Å². The highest BCUT2D eigenvalue weighted by molar-refractivity contribution is 6.38. The second-order valence-electron chi connectivity index (χ2n) is 12.5. The second kappa shape index (κ2) is 16.8. The van der Waals surface area contributed by atoms with E-state index in [-0.39, 0.29) is 6.29 Å². The Balaban J connectivity index is 1.53. The van der Waals surface area contributed by atoms with E-state index < -0.39 is 35.2 Å². The molecule has 0 saturated carbocycles. The van der Waals surface area contributed by atoms with Crippen LogP contribution in [0.25, 0.3) is 0 Å². The fourth-order valence-electron chi connectivity index (χ4n) is 5.63. The molecule has 2 saturated heterocycles. The Hall–Kier alpha value is -3.63. The predicted octanol–water partition coefficient (Wildman–Crippen LogP) is 5.84. The molecule has 2 aromatic rings. The van der Waals surface area contributed by atoms with E-state index in [4.69, 9.17) is 28.4 Å². The van der Waals surface area contributed by atoms with Gasteiger partial charge in [0, 0.05) is 18.4 Å². The molecular formula is C36H49NO9. The number of likely N-dealkylation sites (tertiary alicyclic amines) is 1. The van der Waals surface area contributed by atoms with Crippen molar-refractivity contribution in [1.82, 2.24) is 4.90 Å². The van der Waals surface area contributed by atoms with Crippen molar-refractivity contribution in [1.29, 1.82) is 0 Å². The fourth-order valence-corrected chi connectivity index (χ4v) is 5.63. The minimum absolute atomic E-state index is 0.275. The summed E-state index contributed by atoms with van der Waals surface area (Å²) in [6, 6.07) is 12.4. The van der Waals surface area contributed by atoms with Crippen molar-refractivity contribution in [2.75, 3.05) is 40.6 Å². The van der Waals surface area contributed by atoms with Crippen LogP contribution in [0.2, 0.25) is 0 Å². The first-order valence-electron chi connectivity index (χ1n) is 16.4. The summed E-state index contributed by atoms with van der Waals surface area (Å²) in [6.07, 6.45) is 4.10. The van der Waals surface area contributed by atoms with Gasteiger partial charge in [0.1, 0.15) is 17.9 Å². The van der Waals surface area contributed by atoms with Crippen LogP contribution in [-0.2, 0) is 35.0 Å². The lowest BCUT2D eigenvalue weighted by Gasteiger charge is -2.36. The zero-order valence-electron chi connectivity index (χ0n) is 27.9. The van der Waals surface area contributed by atoms with Gasteiger partial charge in [-0.05, 0) is 80.3 Å². The number of aryl methyl sites for hydroxylation is 1. The Morgan fingerprint density at radius 1 is 0.978 bits per heavy atom. The molecule has 0 aliphatic carbocycles. The maximum absolute atomic E-state index is 13.8. The van der Waals surface area contributed by atoms with Crippen molar-refractivity contribution in [3.05, 3.63) is 53.6 Å². The van der Waals surface area contributed by atoms with Crippen LogP contribution in [0.5, 0.6) is 17.2 Å². The predicted molar refractivity (Wildman–Crippen MR) is 172 cm³/mol. The van der Waals surface area contributed by atoms with Crippen molar-refractivity contribution in [2.24, 2.45) is 5.41 Å². The highest BCUT2D eigenvalue weighted by Crippen LogP contribution is 2.33. The summed E-state index contributed by atoms with van der Waals surface area (Å²) in [7, 11) is 3.18. The summed E-state index contributed by atoms with van der Waals surface area (Å²) in [4.78, 5) is 41.7. The lowest BCUT2D eigenvalue weighted by molar-refractivity contribution is -0.183. The number of amides is 1. The Kier molecular flexibility index (Phi) is 12.9. The summed E-state index contributed by atoms with van der Waals surface area (Å²) in [6.45, 7) is 7.52. The van der Waals surface area contributed by atoms with E-state index in [0.717, 1.165) is 30.4 Å². The number of ketones is 1. The van der Waals surface area contributed by atoms with Gasteiger partial charge in [-0.1, -0.05) is 39.0 Å². The van der Waals surface area contributed by atoms with Crippen LogP contribution < -0.4 is 14.2 Å². The fraction of sp³-hybridized carbons (Fsp3) is 0.583. The van der Waals surface area contributed by atoms with Gasteiger partial charge in [-0.3, -0.25) is 9.59 Å². The molecule has 2 fully saturated rings. The summed E-state index contributed by atoms with van der Waals surface area (Å²) in [5, 5.41) is 0. The molecule has 46 heavy (non-hydrogen) atoms. The van der Waals surface area contributed by atoms with Crippen LogP contribution >= 0.6 is 0 Å². The Morgan fingerprint density at radius 2 is 1.74 bits per heavy atom. The van der Waals surface area contributed by atoms with E-state index in [9.17, 15) is 14.4 Å². The Morgan fingerprint density at radius 3 is 2.46 bits per heavy atom. The number of piperidine rings is 1. The number of carbonyl (C=O) groups is 3. The smallest absolute Gasteiger partial charge is 0.329 e. The minimum Gasteiger partial charge on any atom is -0.493 e. The highest BCUT2D eigenvalue weighted by Gasteiger charge is 2.41. The molecule has 0 unspecified atom stereocenters. The first kappa shape index (κ1) is 35.2. The quantitative estimate of drug-likeness (QED) is 0.175. The van der Waals surface area contributed by atoms with Gasteiger partial charge >= 0.3 is 5.97 Å². The zero-order valence-corrected chi connectivity index (χ0v) is 27.9. The number of benzene rings is 2. The summed E-state index contributed by atoms with van der Waals surface area (Å²) >= 11 is 0. The van der Waals surface area contributed by atoms with E-state index in [1.165, 1.54) is 4.90 Å². The Labute approximate surface area is 272 Å². The third kappa shape index (κ3) is 9.22. The van der Waals surface area contributed by atoms with Gasteiger partial charge in [0.15, 0.2) is 17.8 Å². The van der Waals surface area contributed by atoms with E-state index in [2.05, 4.69) is 0 Å². The van der Waals surface area contributed by atoms with Gasteiger partial charge in [0.25, 0.3) is 5.91 Å². The van der Waals surface area contributed by atoms with Crippen LogP contribution in [0.15, 0.2) is 42.5 Å². The molecule has 0 bridgehead atoms. The van der Waals surface area contributed by atoms with Crippen molar-refractivity contribution < 1.29 is 42.8 Å². The van der Waals surface area contributed by atoms with E-state index in [0.29, 0.717) is 75.7 Å². The molecule has 2 aromatic carbocycles. The van der Waals surface area contributed by atoms with E-state index >= 15 is 0 Å². The first-order chi connectivity index (χ1) is 22.2. The average molecular weight is 640 g/mol. The number of hydrogen-bond acceptors (Lipinski definition) is 9. The number of hydrogen-bond donors (Lipinski definition) is 0. The molecule has 1 amide bonds. The molecule has 2 aliphatic heterocycles. The molecule has 10 nitrogen and oxygen atoms in total. The van der Waals surface area contributed by atoms with Gasteiger partial charge in [-0.15, -0.1) is 0 Å². The molecule has 2 aliphatic rings. The number of Topliss-reactive ketones (excluding diaryl/α,β-unsaturated/α-hetero) is 1. The summed E-state index contributed by atoms with van der Waals surface area (Å²) in [5.41, 5.74) is 0.953. The standard InChI is InChI=1S/C36H49NO9/c1-6-36(2,3)33(38)34(39)37-19-8-7-13-28(37)35(40)46-29(16-14-25-15-17-30(41-4)31(23-25)42-5)26-11-9-12-27(24-26)43-22-18-32-44-20-10-21-45-32/h9,11-12,15,17,23-24,28-29,32H,6-8,10,13-14,16,18-22H2,1-5H3/t28-,29+/m0/s1. The molecule has 2 heterocycles. The third-order valence-corrected chi connectivity index (χ3v) is 8.88. The van der Waals surface area contributed by atoms with Crippen molar-refractivity contribution >= 4 is 17.7 Å². The van der Waals surface area contributed by atoms with Gasteiger partial charge in [0.2, 0.25) is 5.78 Å². The van der Waals surface area contributed by atoms with Gasteiger partial charge in [-0.25, -0.2) is 4.79 Å². The van der Waals surface area contributed by atoms with Crippen LogP contribution in [0, 0.1) is 5.41 Å². The number of esters is 1. The molecular weight excluding hydrogens is 590 g/mol. The number of rotatable bonds is 15. The topological polar surface area (TPSA) is 110 Å². The zero-order chi connectivity index (χ0) is 33.1. The molecule has 4 rings (SSSR count). The van der Waals surface area contributed by atoms with Crippen molar-refractivity contribution in [3.63, 3.8) is 0 Å². The largest absolute Gasteiger partial charge is 0.493 e. The maximum Gasteiger partial charge on any atom is 0.329 e. The van der Waals surface area contributed by atoms with Crippen molar-refractivity contribution in [2.45, 2.75) is 90.6 Å². The lowest BCUT2D eigenvalue weighted by Crippen LogP contribution is -2.53. The number of carbonyl (C=O) groups excluding carboxylic acids is 3. The first-order valence-corrected chi connectivity index (χ1v) is 16.4. The number of ether oxygens (including phenoxy) is 6. The van der Waals surface area contributed by atoms with Crippen LogP contribution in [0.4, 0.5) is 0 Å². The minimum atomic E-state index is -0.823. The van der Waals surface area contributed by atoms with Crippen LogP contribution in [0.1, 0.15) is 82.9 Å². The monoisotopic (exact) mass is 639 g/mol. The molecule has 0 N–H and O–H groups in total. The molecule has 0 radical (unpaired) electrons. The molecule has 0 aromatic heterocycles. The third-order valence-electron chi connectivity index (χ3n) is 8.88.